The van der Waals surface area contributed by atoms with Crippen molar-refractivity contribution in [2.24, 2.45) is 0 Å². The van der Waals surface area contributed by atoms with Crippen molar-refractivity contribution in [3.63, 3.8) is 0 Å². The maximum Gasteiger partial charge on any atom is 0.182 e. The van der Waals surface area contributed by atoms with Gasteiger partial charge in [0.2, 0.25) is 0 Å². The molecule has 0 aliphatic carbocycles. The number of rotatable bonds is 6. The Morgan fingerprint density at radius 1 is 1.26 bits per heavy atom. The standard InChI is InChI=1S/C15H16ClN5O2/c1-17-14-13-15(19-8-18-14)20-9-21(13)6-11(22)7-23-12-4-2-10(16)3-5-12/h2-5,8-9,11,22H,6-7H2,1H3,(H,17,18,19)/t11-/m1/s1. The fraction of sp³-hybridized carbons (Fsp3) is 0.267. The SMILES string of the molecule is CNc1ncnc2ncn(C[C@@H](O)COc3ccc(Cl)cc3)c12. The van der Waals surface area contributed by atoms with Gasteiger partial charge in [0, 0.05) is 12.1 Å². The highest BCUT2D eigenvalue weighted by Gasteiger charge is 2.13. The van der Waals surface area contributed by atoms with E-state index in [4.69, 9.17) is 16.3 Å². The molecule has 3 rings (SSSR count). The summed E-state index contributed by atoms with van der Waals surface area (Å²) in [5.74, 6) is 1.32. The van der Waals surface area contributed by atoms with Gasteiger partial charge in [0.1, 0.15) is 30.3 Å². The van der Waals surface area contributed by atoms with Gasteiger partial charge in [-0.2, -0.15) is 0 Å². The number of imidazole rings is 1. The number of aromatic nitrogens is 4. The Hall–Kier alpha value is -2.38. The zero-order chi connectivity index (χ0) is 16.2. The molecule has 120 valence electrons. The van der Waals surface area contributed by atoms with Crippen LogP contribution in [0.5, 0.6) is 5.75 Å². The molecule has 1 aromatic carbocycles. The minimum Gasteiger partial charge on any atom is -0.491 e. The van der Waals surface area contributed by atoms with Crippen LogP contribution in [0.1, 0.15) is 0 Å². The van der Waals surface area contributed by atoms with Crippen molar-refractivity contribution >= 4 is 28.6 Å². The molecule has 1 atom stereocenters. The zero-order valence-corrected chi connectivity index (χ0v) is 13.2. The minimum absolute atomic E-state index is 0.157. The first-order valence-electron chi connectivity index (χ1n) is 7.07. The number of halogens is 1. The van der Waals surface area contributed by atoms with Crippen LogP contribution in [0.3, 0.4) is 0 Å². The van der Waals surface area contributed by atoms with Crippen LogP contribution in [0.25, 0.3) is 11.2 Å². The number of hydrogen-bond donors (Lipinski definition) is 2. The third kappa shape index (κ3) is 3.52. The number of nitrogens with zero attached hydrogens (tertiary/aromatic N) is 4. The van der Waals surface area contributed by atoms with Crippen LogP contribution in [0.4, 0.5) is 5.82 Å². The van der Waals surface area contributed by atoms with E-state index in [2.05, 4.69) is 20.3 Å². The first-order valence-corrected chi connectivity index (χ1v) is 7.45. The molecule has 0 amide bonds. The van der Waals surface area contributed by atoms with E-state index in [0.29, 0.717) is 28.8 Å². The molecule has 23 heavy (non-hydrogen) atoms. The van der Waals surface area contributed by atoms with E-state index in [1.165, 1.54) is 6.33 Å². The highest BCUT2D eigenvalue weighted by molar-refractivity contribution is 6.30. The summed E-state index contributed by atoms with van der Waals surface area (Å²) in [6, 6.07) is 7.00. The van der Waals surface area contributed by atoms with Gasteiger partial charge in [0.15, 0.2) is 11.5 Å². The second kappa shape index (κ2) is 6.80. The molecule has 0 bridgehead atoms. The maximum atomic E-state index is 10.2. The van der Waals surface area contributed by atoms with Gasteiger partial charge in [-0.1, -0.05) is 11.6 Å². The van der Waals surface area contributed by atoms with Crippen molar-refractivity contribution in [3.05, 3.63) is 41.9 Å². The summed E-state index contributed by atoms with van der Waals surface area (Å²) in [7, 11) is 1.78. The highest BCUT2D eigenvalue weighted by Crippen LogP contribution is 2.19. The Morgan fingerprint density at radius 2 is 2.04 bits per heavy atom. The molecule has 0 aliphatic heterocycles. The van der Waals surface area contributed by atoms with Crippen molar-refractivity contribution in [1.82, 2.24) is 19.5 Å². The van der Waals surface area contributed by atoms with Crippen LogP contribution >= 0.6 is 11.6 Å². The lowest BCUT2D eigenvalue weighted by atomic mass is 10.3. The van der Waals surface area contributed by atoms with Gasteiger partial charge in [0.05, 0.1) is 12.9 Å². The van der Waals surface area contributed by atoms with Gasteiger partial charge < -0.3 is 19.7 Å². The lowest BCUT2D eigenvalue weighted by Crippen LogP contribution is -2.23. The molecule has 0 unspecified atom stereocenters. The second-order valence-corrected chi connectivity index (χ2v) is 5.40. The molecular weight excluding hydrogens is 318 g/mol. The number of aliphatic hydroxyl groups is 1. The quantitative estimate of drug-likeness (QED) is 0.717. The van der Waals surface area contributed by atoms with E-state index in [0.717, 1.165) is 5.52 Å². The molecule has 0 aliphatic rings. The van der Waals surface area contributed by atoms with Crippen molar-refractivity contribution < 1.29 is 9.84 Å². The van der Waals surface area contributed by atoms with Crippen LogP contribution < -0.4 is 10.1 Å². The van der Waals surface area contributed by atoms with Gasteiger partial charge in [-0.15, -0.1) is 0 Å². The fourth-order valence-electron chi connectivity index (χ4n) is 2.23. The Balaban J connectivity index is 1.68. The molecule has 2 heterocycles. The molecule has 3 aromatic rings. The van der Waals surface area contributed by atoms with Gasteiger partial charge in [-0.3, -0.25) is 0 Å². The molecule has 2 aromatic heterocycles. The average molecular weight is 334 g/mol. The Morgan fingerprint density at radius 3 is 2.78 bits per heavy atom. The normalized spacial score (nSPS) is 12.3. The maximum absolute atomic E-state index is 10.2. The van der Waals surface area contributed by atoms with E-state index in [1.807, 2.05) is 0 Å². The first kappa shape index (κ1) is 15.5. The summed E-state index contributed by atoms with van der Waals surface area (Å²) >= 11 is 5.82. The van der Waals surface area contributed by atoms with Crippen molar-refractivity contribution in [1.29, 1.82) is 0 Å². The Labute approximate surface area is 137 Å². The van der Waals surface area contributed by atoms with Crippen molar-refractivity contribution in [2.75, 3.05) is 19.0 Å². The third-order valence-electron chi connectivity index (χ3n) is 3.31. The van der Waals surface area contributed by atoms with Gasteiger partial charge in [0.25, 0.3) is 0 Å². The number of ether oxygens (including phenoxy) is 1. The van der Waals surface area contributed by atoms with Crippen LogP contribution in [0.2, 0.25) is 5.02 Å². The van der Waals surface area contributed by atoms with Crippen molar-refractivity contribution in [3.8, 4) is 5.75 Å². The van der Waals surface area contributed by atoms with Crippen LogP contribution in [-0.4, -0.2) is 44.4 Å². The molecule has 8 heteroatoms. The largest absolute Gasteiger partial charge is 0.491 e. The molecule has 7 nitrogen and oxygen atoms in total. The molecule has 0 saturated carbocycles. The summed E-state index contributed by atoms with van der Waals surface area (Å²) in [6.07, 6.45) is 2.38. The van der Waals surface area contributed by atoms with Crippen LogP contribution in [-0.2, 0) is 6.54 Å². The Kier molecular flexibility index (Phi) is 4.59. The molecule has 2 N–H and O–H groups in total. The average Bonchev–Trinajstić information content (AvgIpc) is 2.97. The van der Waals surface area contributed by atoms with E-state index in [-0.39, 0.29) is 6.61 Å². The molecule has 0 fully saturated rings. The van der Waals surface area contributed by atoms with Crippen molar-refractivity contribution in [2.45, 2.75) is 12.6 Å². The summed E-state index contributed by atoms with van der Waals surface area (Å²) in [6.45, 7) is 0.482. The predicted molar refractivity (Wildman–Crippen MR) is 87.8 cm³/mol. The zero-order valence-electron chi connectivity index (χ0n) is 12.5. The number of benzene rings is 1. The molecule has 0 spiro atoms. The lowest BCUT2D eigenvalue weighted by molar-refractivity contribution is 0.0934. The lowest BCUT2D eigenvalue weighted by Gasteiger charge is -2.14. The van der Waals surface area contributed by atoms with Gasteiger partial charge >= 0.3 is 0 Å². The molecule has 0 radical (unpaired) electrons. The van der Waals surface area contributed by atoms with E-state index >= 15 is 0 Å². The molecule has 0 saturated heterocycles. The van der Waals surface area contributed by atoms with Crippen LogP contribution in [0.15, 0.2) is 36.9 Å². The second-order valence-electron chi connectivity index (χ2n) is 4.96. The fourth-order valence-corrected chi connectivity index (χ4v) is 2.36. The summed E-state index contributed by atoms with van der Waals surface area (Å²) in [5, 5.41) is 13.8. The smallest absolute Gasteiger partial charge is 0.182 e. The predicted octanol–water partition coefficient (Wildman–Crippen LogP) is 1.96. The monoisotopic (exact) mass is 333 g/mol. The van der Waals surface area contributed by atoms with E-state index in [1.54, 1.807) is 42.2 Å². The number of hydrogen-bond acceptors (Lipinski definition) is 6. The van der Waals surface area contributed by atoms with Gasteiger partial charge in [-0.25, -0.2) is 15.0 Å². The van der Waals surface area contributed by atoms with Crippen LogP contribution in [0, 0.1) is 0 Å². The number of nitrogens with one attached hydrogen (secondary N) is 1. The number of anilines is 1. The Bertz CT molecular complexity index is 790. The number of aliphatic hydroxyl groups excluding tert-OH is 1. The highest BCUT2D eigenvalue weighted by atomic mass is 35.5. The topological polar surface area (TPSA) is 85.1 Å². The summed E-state index contributed by atoms with van der Waals surface area (Å²) < 4.78 is 7.35. The van der Waals surface area contributed by atoms with E-state index < -0.39 is 6.10 Å². The summed E-state index contributed by atoms with van der Waals surface area (Å²) in [5.41, 5.74) is 1.33. The first-order chi connectivity index (χ1) is 11.2. The molecular formula is C15H16ClN5O2. The van der Waals surface area contributed by atoms with Gasteiger partial charge in [-0.05, 0) is 24.3 Å². The summed E-state index contributed by atoms with van der Waals surface area (Å²) in [4.78, 5) is 12.5. The van der Waals surface area contributed by atoms with E-state index in [9.17, 15) is 5.11 Å². The minimum atomic E-state index is -0.701. The number of fused-ring (bicyclic) bond motifs is 1. The third-order valence-corrected chi connectivity index (χ3v) is 3.56.